The molecule has 148 valence electrons. The zero-order valence-corrected chi connectivity index (χ0v) is 17.0. The second-order valence-electron chi connectivity index (χ2n) is 8.58. The number of Topliss-reactive ketones (excluding diaryl/α,β-unsaturated/α-hetero) is 1. The average Bonchev–Trinajstić information content (AvgIpc) is 2.68. The number of ether oxygens (including phenoxy) is 1. The van der Waals surface area contributed by atoms with E-state index in [1.165, 1.54) is 5.56 Å². The molecule has 0 bridgehead atoms. The zero-order valence-electron chi connectivity index (χ0n) is 17.0. The largest absolute Gasteiger partial charge is 0.444 e. The number of ketones is 1. The highest BCUT2D eigenvalue weighted by Gasteiger charge is 2.40. The van der Waals surface area contributed by atoms with Crippen LogP contribution in [0.5, 0.6) is 0 Å². The Morgan fingerprint density at radius 1 is 0.929 bits per heavy atom. The maximum atomic E-state index is 13.0. The van der Waals surface area contributed by atoms with Gasteiger partial charge in [-0.05, 0) is 39.2 Å². The highest BCUT2D eigenvalue weighted by atomic mass is 16.6. The van der Waals surface area contributed by atoms with Crippen LogP contribution in [0.4, 0.5) is 4.79 Å². The van der Waals surface area contributed by atoms with Crippen molar-refractivity contribution in [3.05, 3.63) is 71.8 Å². The molecule has 1 amide bonds. The molecule has 3 rings (SSSR count). The Hall–Kier alpha value is -2.62. The fourth-order valence-corrected chi connectivity index (χ4v) is 3.84. The number of carbonyl (C=O) groups excluding carboxylic acids is 2. The molecule has 1 saturated heterocycles. The van der Waals surface area contributed by atoms with Crippen LogP contribution < -0.4 is 0 Å². The van der Waals surface area contributed by atoms with Crippen LogP contribution in [0.2, 0.25) is 0 Å². The lowest BCUT2D eigenvalue weighted by atomic mass is 9.69. The lowest BCUT2D eigenvalue weighted by molar-refractivity contribution is 0.0161. The molecule has 0 unspecified atom stereocenters. The van der Waals surface area contributed by atoms with E-state index in [4.69, 9.17) is 4.74 Å². The van der Waals surface area contributed by atoms with E-state index >= 15 is 0 Å². The summed E-state index contributed by atoms with van der Waals surface area (Å²) in [6.45, 7) is 6.81. The maximum Gasteiger partial charge on any atom is 0.410 e. The minimum atomic E-state index is -0.506. The predicted octanol–water partition coefficient (Wildman–Crippen LogP) is 5.23. The number of rotatable bonds is 4. The quantitative estimate of drug-likeness (QED) is 0.684. The van der Waals surface area contributed by atoms with Crippen molar-refractivity contribution in [3.8, 4) is 0 Å². The van der Waals surface area contributed by atoms with E-state index in [1.54, 1.807) is 4.90 Å². The number of piperidine rings is 1. The molecule has 1 aliphatic heterocycles. The molecule has 2 aromatic carbocycles. The van der Waals surface area contributed by atoms with Crippen LogP contribution >= 0.6 is 0 Å². The number of hydrogen-bond donors (Lipinski definition) is 0. The average molecular weight is 380 g/mol. The Balaban J connectivity index is 1.79. The lowest BCUT2D eigenvalue weighted by Gasteiger charge is -2.42. The van der Waals surface area contributed by atoms with Gasteiger partial charge < -0.3 is 9.64 Å². The molecule has 0 atom stereocenters. The topological polar surface area (TPSA) is 46.6 Å². The third kappa shape index (κ3) is 4.80. The van der Waals surface area contributed by atoms with E-state index in [2.05, 4.69) is 12.1 Å². The van der Waals surface area contributed by atoms with Crippen molar-refractivity contribution in [3.63, 3.8) is 0 Å². The van der Waals surface area contributed by atoms with Gasteiger partial charge in [-0.15, -0.1) is 0 Å². The summed E-state index contributed by atoms with van der Waals surface area (Å²) < 4.78 is 5.52. The van der Waals surface area contributed by atoms with Crippen LogP contribution in [0.15, 0.2) is 60.7 Å². The van der Waals surface area contributed by atoms with Crippen molar-refractivity contribution in [2.75, 3.05) is 13.1 Å². The zero-order chi connectivity index (χ0) is 20.2. The van der Waals surface area contributed by atoms with Crippen molar-refractivity contribution in [2.24, 2.45) is 0 Å². The molecular formula is C24H29NO3. The molecule has 28 heavy (non-hydrogen) atoms. The van der Waals surface area contributed by atoms with Crippen LogP contribution in [0.1, 0.15) is 56.0 Å². The van der Waals surface area contributed by atoms with E-state index in [1.807, 2.05) is 69.3 Å². The van der Waals surface area contributed by atoms with Crippen LogP contribution in [0.25, 0.3) is 0 Å². The number of likely N-dealkylation sites (tertiary alicyclic amines) is 1. The van der Waals surface area contributed by atoms with Gasteiger partial charge >= 0.3 is 6.09 Å². The third-order valence-corrected chi connectivity index (χ3v) is 5.35. The van der Waals surface area contributed by atoms with Gasteiger partial charge in [0, 0.05) is 30.5 Å². The summed E-state index contributed by atoms with van der Waals surface area (Å²) in [5, 5.41) is 0. The Morgan fingerprint density at radius 3 is 2.00 bits per heavy atom. The summed E-state index contributed by atoms with van der Waals surface area (Å²) in [5.41, 5.74) is 1.15. The molecule has 0 spiro atoms. The summed E-state index contributed by atoms with van der Waals surface area (Å²) in [6.07, 6.45) is 1.66. The maximum absolute atomic E-state index is 13.0. The summed E-state index contributed by atoms with van der Waals surface area (Å²) in [5.74, 6) is 0.148. The molecule has 0 aromatic heterocycles. The molecular weight excluding hydrogens is 350 g/mol. The summed E-state index contributed by atoms with van der Waals surface area (Å²) in [7, 11) is 0. The van der Waals surface area contributed by atoms with E-state index in [0.29, 0.717) is 19.5 Å². The van der Waals surface area contributed by atoms with E-state index < -0.39 is 5.60 Å². The minimum absolute atomic E-state index is 0.148. The molecule has 0 N–H and O–H groups in total. The number of carbonyl (C=O) groups is 2. The van der Waals surface area contributed by atoms with Gasteiger partial charge in [0.15, 0.2) is 5.78 Å². The minimum Gasteiger partial charge on any atom is -0.444 e. The van der Waals surface area contributed by atoms with Crippen molar-refractivity contribution >= 4 is 11.9 Å². The highest BCUT2D eigenvalue weighted by molar-refractivity contribution is 5.97. The highest BCUT2D eigenvalue weighted by Crippen LogP contribution is 2.40. The van der Waals surface area contributed by atoms with Crippen LogP contribution in [-0.2, 0) is 10.2 Å². The van der Waals surface area contributed by atoms with Crippen molar-refractivity contribution in [2.45, 2.75) is 51.0 Å². The van der Waals surface area contributed by atoms with Gasteiger partial charge in [-0.1, -0.05) is 60.7 Å². The van der Waals surface area contributed by atoms with Crippen molar-refractivity contribution in [1.82, 2.24) is 4.90 Å². The summed E-state index contributed by atoms with van der Waals surface area (Å²) >= 11 is 0. The SMILES string of the molecule is CC(C)(C)OC(=O)N1CCC(CC(=O)c2ccccc2)(c2ccccc2)CC1. The van der Waals surface area contributed by atoms with Gasteiger partial charge in [0.25, 0.3) is 0 Å². The van der Waals surface area contributed by atoms with Crippen molar-refractivity contribution < 1.29 is 14.3 Å². The molecule has 0 saturated carbocycles. The Kier molecular flexibility index (Phi) is 5.87. The molecule has 0 aliphatic carbocycles. The molecule has 1 heterocycles. The first kappa shape index (κ1) is 20.1. The van der Waals surface area contributed by atoms with Gasteiger partial charge in [-0.3, -0.25) is 4.79 Å². The van der Waals surface area contributed by atoms with Gasteiger partial charge in [0.1, 0.15) is 5.60 Å². The number of hydrogen-bond acceptors (Lipinski definition) is 3. The molecule has 2 aromatic rings. The summed E-state index contributed by atoms with van der Waals surface area (Å²) in [6, 6.07) is 19.7. The molecule has 4 heteroatoms. The normalized spacial score (nSPS) is 16.5. The molecule has 4 nitrogen and oxygen atoms in total. The van der Waals surface area contributed by atoms with Crippen molar-refractivity contribution in [1.29, 1.82) is 0 Å². The van der Waals surface area contributed by atoms with E-state index in [9.17, 15) is 9.59 Å². The molecule has 1 fully saturated rings. The first-order chi connectivity index (χ1) is 13.3. The first-order valence-electron chi connectivity index (χ1n) is 9.91. The van der Waals surface area contributed by atoms with Gasteiger partial charge in [0.05, 0.1) is 0 Å². The lowest BCUT2D eigenvalue weighted by Crippen LogP contribution is -2.47. The fourth-order valence-electron chi connectivity index (χ4n) is 3.84. The number of amides is 1. The second-order valence-corrected chi connectivity index (χ2v) is 8.58. The van der Waals surface area contributed by atoms with Gasteiger partial charge in [-0.25, -0.2) is 4.79 Å². The Labute approximate surface area is 167 Å². The molecule has 0 radical (unpaired) electrons. The van der Waals surface area contributed by atoms with Crippen LogP contribution in [0, 0.1) is 0 Å². The smallest absolute Gasteiger partial charge is 0.410 e. The summed E-state index contributed by atoms with van der Waals surface area (Å²) in [4.78, 5) is 27.2. The first-order valence-corrected chi connectivity index (χ1v) is 9.91. The third-order valence-electron chi connectivity index (χ3n) is 5.35. The Morgan fingerprint density at radius 2 is 1.46 bits per heavy atom. The van der Waals surface area contributed by atoms with E-state index in [-0.39, 0.29) is 17.3 Å². The van der Waals surface area contributed by atoms with Crippen LogP contribution in [0.3, 0.4) is 0 Å². The second kappa shape index (κ2) is 8.17. The van der Waals surface area contributed by atoms with Gasteiger partial charge in [-0.2, -0.15) is 0 Å². The van der Waals surface area contributed by atoms with Crippen LogP contribution in [-0.4, -0.2) is 35.5 Å². The predicted molar refractivity (Wildman–Crippen MR) is 111 cm³/mol. The fraction of sp³-hybridized carbons (Fsp3) is 0.417. The number of nitrogens with zero attached hydrogens (tertiary/aromatic N) is 1. The number of benzene rings is 2. The van der Waals surface area contributed by atoms with Gasteiger partial charge in [0.2, 0.25) is 0 Å². The monoisotopic (exact) mass is 379 g/mol. The Bertz CT molecular complexity index is 801. The standard InChI is InChI=1S/C24H29NO3/c1-23(2,3)28-22(27)25-16-14-24(15-17-25,20-12-8-5-9-13-20)18-21(26)19-10-6-4-7-11-19/h4-13H,14-18H2,1-3H3. The molecule has 1 aliphatic rings. The van der Waals surface area contributed by atoms with E-state index in [0.717, 1.165) is 18.4 Å².